The number of para-hydroxylation sites is 2. The second-order valence-corrected chi connectivity index (χ2v) is 11.0. The molecule has 32 heavy (non-hydrogen) atoms. The van der Waals surface area contributed by atoms with Crippen LogP contribution in [0.1, 0.15) is 44.3 Å². The van der Waals surface area contributed by atoms with E-state index in [0.717, 1.165) is 50.5 Å². The van der Waals surface area contributed by atoms with Gasteiger partial charge in [-0.15, -0.1) is 0 Å². The first-order valence-electron chi connectivity index (χ1n) is 12.5. The van der Waals surface area contributed by atoms with Gasteiger partial charge < -0.3 is 9.30 Å². The Hall–Kier alpha value is -2.18. The molecule has 1 aliphatic heterocycles. The maximum absolute atomic E-state index is 6.08. The first-order valence-corrected chi connectivity index (χ1v) is 12.5. The molecule has 0 spiro atoms. The molecule has 3 aromatic rings. The fourth-order valence-electron chi connectivity index (χ4n) is 7.90. The summed E-state index contributed by atoms with van der Waals surface area (Å²) in [4.78, 5) is 7.78. The summed E-state index contributed by atoms with van der Waals surface area (Å²) in [6.45, 7) is 4.41. The van der Waals surface area contributed by atoms with Crippen molar-refractivity contribution in [2.24, 2.45) is 17.8 Å². The highest BCUT2D eigenvalue weighted by Crippen LogP contribution is 2.59. The van der Waals surface area contributed by atoms with Crippen LogP contribution in [0.3, 0.4) is 0 Å². The molecule has 1 aromatic carbocycles. The smallest absolute Gasteiger partial charge is 0.124 e. The summed E-state index contributed by atoms with van der Waals surface area (Å²) >= 11 is 0. The fraction of sp³-hybridized carbons (Fsp3) is 0.615. The van der Waals surface area contributed by atoms with Gasteiger partial charge in [-0.25, -0.2) is 4.98 Å². The summed E-state index contributed by atoms with van der Waals surface area (Å²) in [6.07, 6.45) is 12.5. The summed E-state index contributed by atoms with van der Waals surface area (Å²) in [5, 5.41) is 4.37. The van der Waals surface area contributed by atoms with E-state index in [4.69, 9.17) is 9.72 Å². The number of ether oxygens (including phenoxy) is 1. The highest BCUT2D eigenvalue weighted by Gasteiger charge is 2.52. The van der Waals surface area contributed by atoms with E-state index in [1.54, 1.807) is 0 Å². The number of fused-ring (bicyclic) bond motifs is 1. The first kappa shape index (κ1) is 19.3. The number of imidazole rings is 1. The van der Waals surface area contributed by atoms with Crippen LogP contribution in [-0.2, 0) is 23.4 Å². The van der Waals surface area contributed by atoms with E-state index in [0.29, 0.717) is 5.54 Å². The lowest BCUT2D eigenvalue weighted by Gasteiger charge is -2.57. The third-order valence-corrected chi connectivity index (χ3v) is 8.65. The number of nitrogens with zero attached hydrogens (tertiary/aromatic N) is 5. The monoisotopic (exact) mass is 431 g/mol. The number of benzene rings is 1. The van der Waals surface area contributed by atoms with Gasteiger partial charge in [-0.05, 0) is 74.5 Å². The van der Waals surface area contributed by atoms with Crippen molar-refractivity contribution in [2.45, 2.75) is 63.3 Å². The van der Waals surface area contributed by atoms with Crippen molar-refractivity contribution in [3.8, 4) is 0 Å². The van der Waals surface area contributed by atoms with Crippen molar-refractivity contribution in [2.75, 3.05) is 19.7 Å². The Balaban J connectivity index is 1.21. The molecule has 0 N–H and O–H groups in total. The lowest BCUT2D eigenvalue weighted by atomic mass is 9.53. The van der Waals surface area contributed by atoms with Gasteiger partial charge >= 0.3 is 0 Å². The molecular weight excluding hydrogens is 398 g/mol. The van der Waals surface area contributed by atoms with Crippen LogP contribution in [0.5, 0.6) is 0 Å². The molecule has 4 bridgehead atoms. The molecule has 0 amide bonds. The van der Waals surface area contributed by atoms with Crippen molar-refractivity contribution in [1.82, 2.24) is 24.2 Å². The van der Waals surface area contributed by atoms with Gasteiger partial charge in [0.05, 0.1) is 36.8 Å². The van der Waals surface area contributed by atoms with Crippen molar-refractivity contribution < 1.29 is 4.74 Å². The van der Waals surface area contributed by atoms with E-state index in [1.165, 1.54) is 55.4 Å². The van der Waals surface area contributed by atoms with Crippen LogP contribution in [0, 0.1) is 17.8 Å². The van der Waals surface area contributed by atoms with Gasteiger partial charge in [0.1, 0.15) is 5.82 Å². The molecule has 6 nitrogen and oxygen atoms in total. The third-order valence-electron chi connectivity index (χ3n) is 8.65. The summed E-state index contributed by atoms with van der Waals surface area (Å²) in [7, 11) is 0. The number of hydrogen-bond donors (Lipinski definition) is 0. The number of hydrogen-bond acceptors (Lipinski definition) is 4. The Labute approximate surface area is 189 Å². The summed E-state index contributed by atoms with van der Waals surface area (Å²) < 4.78 is 10.8. The Morgan fingerprint density at radius 1 is 1.00 bits per heavy atom. The van der Waals surface area contributed by atoms with E-state index in [-0.39, 0.29) is 6.10 Å². The van der Waals surface area contributed by atoms with Crippen LogP contribution in [0.15, 0.2) is 42.7 Å². The maximum Gasteiger partial charge on any atom is 0.124 e. The molecule has 168 valence electrons. The Morgan fingerprint density at radius 3 is 2.53 bits per heavy atom. The summed E-state index contributed by atoms with van der Waals surface area (Å²) in [5.74, 6) is 4.05. The van der Waals surface area contributed by atoms with E-state index in [1.807, 2.05) is 23.1 Å². The Kier molecular flexibility index (Phi) is 4.48. The molecule has 2 aromatic heterocycles. The van der Waals surface area contributed by atoms with Gasteiger partial charge in [-0.2, -0.15) is 5.10 Å². The van der Waals surface area contributed by atoms with Crippen LogP contribution in [0.4, 0.5) is 0 Å². The SMILES string of the molecule is c1ccc2c(c1)nc(CN1CCOC(Cn3cccn3)C1)n2C12CC3CC(CC(C3)C1)C2. The van der Waals surface area contributed by atoms with Gasteiger partial charge in [-0.1, -0.05) is 12.1 Å². The molecule has 1 atom stereocenters. The second kappa shape index (κ2) is 7.42. The highest BCUT2D eigenvalue weighted by atomic mass is 16.5. The average Bonchev–Trinajstić information content (AvgIpc) is 3.40. The lowest BCUT2D eigenvalue weighted by Crippen LogP contribution is -2.52. The summed E-state index contributed by atoms with van der Waals surface area (Å²) in [5.41, 5.74) is 2.81. The fourth-order valence-corrected chi connectivity index (χ4v) is 7.90. The average molecular weight is 432 g/mol. The van der Waals surface area contributed by atoms with E-state index < -0.39 is 0 Å². The standard InChI is InChI=1S/C26H33N5O/c1-2-5-24-23(4-1)28-25(18-29-8-9-32-22(16-29)17-30-7-3-6-27-30)31(24)26-13-19-10-20(14-26)12-21(11-19)15-26/h1-7,19-22H,8-18H2. The molecular formula is C26H33N5O. The number of aromatic nitrogens is 4. The molecule has 5 aliphatic rings. The zero-order valence-electron chi connectivity index (χ0n) is 18.8. The number of rotatable bonds is 5. The topological polar surface area (TPSA) is 48.1 Å². The molecule has 1 unspecified atom stereocenters. The highest BCUT2D eigenvalue weighted by molar-refractivity contribution is 5.76. The Bertz CT molecular complexity index is 1070. The number of morpholine rings is 1. The minimum Gasteiger partial charge on any atom is -0.374 e. The van der Waals surface area contributed by atoms with Gasteiger partial charge in [-0.3, -0.25) is 9.58 Å². The molecule has 8 rings (SSSR count). The Morgan fingerprint density at radius 2 is 1.78 bits per heavy atom. The molecule has 3 heterocycles. The van der Waals surface area contributed by atoms with Crippen molar-refractivity contribution in [3.05, 3.63) is 48.5 Å². The quantitative estimate of drug-likeness (QED) is 0.611. The third kappa shape index (κ3) is 3.22. The molecule has 5 fully saturated rings. The molecule has 0 radical (unpaired) electrons. The second-order valence-electron chi connectivity index (χ2n) is 11.0. The van der Waals surface area contributed by atoms with E-state index in [9.17, 15) is 0 Å². The van der Waals surface area contributed by atoms with Crippen molar-refractivity contribution in [1.29, 1.82) is 0 Å². The minimum absolute atomic E-state index is 0.182. The molecule has 6 heteroatoms. The summed E-state index contributed by atoms with van der Waals surface area (Å²) in [6, 6.07) is 10.8. The lowest BCUT2D eigenvalue weighted by molar-refractivity contribution is -0.0506. The van der Waals surface area contributed by atoms with Crippen LogP contribution in [0.2, 0.25) is 0 Å². The van der Waals surface area contributed by atoms with Crippen molar-refractivity contribution >= 4 is 11.0 Å². The van der Waals surface area contributed by atoms with Crippen molar-refractivity contribution in [3.63, 3.8) is 0 Å². The van der Waals surface area contributed by atoms with Gasteiger partial charge in [0.2, 0.25) is 0 Å². The van der Waals surface area contributed by atoms with E-state index in [2.05, 4.69) is 38.8 Å². The predicted octanol–water partition coefficient (Wildman–Crippen LogP) is 4.06. The minimum atomic E-state index is 0.182. The van der Waals surface area contributed by atoms with Crippen LogP contribution >= 0.6 is 0 Å². The van der Waals surface area contributed by atoms with Crippen LogP contribution in [0.25, 0.3) is 11.0 Å². The maximum atomic E-state index is 6.08. The molecule has 4 saturated carbocycles. The van der Waals surface area contributed by atoms with Gasteiger partial charge in [0.15, 0.2) is 0 Å². The molecule has 1 saturated heterocycles. The first-order chi connectivity index (χ1) is 15.7. The largest absolute Gasteiger partial charge is 0.374 e. The van der Waals surface area contributed by atoms with Gasteiger partial charge in [0, 0.05) is 31.0 Å². The predicted molar refractivity (Wildman–Crippen MR) is 123 cm³/mol. The zero-order chi connectivity index (χ0) is 21.1. The normalized spacial score (nSPS) is 34.5. The van der Waals surface area contributed by atoms with Gasteiger partial charge in [0.25, 0.3) is 0 Å². The van der Waals surface area contributed by atoms with E-state index >= 15 is 0 Å². The zero-order valence-corrected chi connectivity index (χ0v) is 18.8. The van der Waals surface area contributed by atoms with Crippen LogP contribution in [-0.4, -0.2) is 50.0 Å². The molecule has 4 aliphatic carbocycles. The van der Waals surface area contributed by atoms with Crippen LogP contribution < -0.4 is 0 Å².